The second kappa shape index (κ2) is 9.78. The molecule has 1 aliphatic rings. The van der Waals surface area contributed by atoms with Crippen LogP contribution in [0.3, 0.4) is 0 Å². The molecule has 152 valence electrons. The molecule has 0 saturated heterocycles. The van der Waals surface area contributed by atoms with Crippen LogP contribution in [0.2, 0.25) is 0 Å². The number of carbonyl (C=O) groups excluding carboxylic acids is 1. The molecule has 0 amide bonds. The number of esters is 1. The minimum Gasteiger partial charge on any atom is -0.497 e. The third-order valence-electron chi connectivity index (χ3n) is 4.66. The molecule has 1 heterocycles. The van der Waals surface area contributed by atoms with Gasteiger partial charge in [-0.25, -0.2) is 0 Å². The molecule has 2 aromatic carbocycles. The van der Waals surface area contributed by atoms with Gasteiger partial charge in [0.2, 0.25) is 0 Å². The Bertz CT molecular complexity index is 934. The van der Waals surface area contributed by atoms with E-state index in [1.54, 1.807) is 21.1 Å². The van der Waals surface area contributed by atoms with Crippen molar-refractivity contribution in [2.24, 2.45) is 4.99 Å². The Kier molecular flexibility index (Phi) is 6.89. The average molecular weight is 394 g/mol. The highest BCUT2D eigenvalue weighted by Crippen LogP contribution is 2.30. The fraction of sp³-hybridized carbons (Fsp3) is 0.304. The third-order valence-corrected chi connectivity index (χ3v) is 4.66. The number of hydrogen-bond donors (Lipinski definition) is 1. The number of hydrogen-bond acceptors (Lipinski definition) is 6. The molecular weight excluding hydrogens is 368 g/mol. The van der Waals surface area contributed by atoms with E-state index in [-0.39, 0.29) is 12.5 Å². The Hall–Kier alpha value is -3.28. The molecule has 2 aromatic rings. The minimum atomic E-state index is -0.357. The van der Waals surface area contributed by atoms with Crippen LogP contribution in [0.5, 0.6) is 11.5 Å². The van der Waals surface area contributed by atoms with Crippen LogP contribution in [0.15, 0.2) is 53.5 Å². The van der Waals surface area contributed by atoms with E-state index >= 15 is 0 Å². The Morgan fingerprint density at radius 3 is 2.76 bits per heavy atom. The Labute approximate surface area is 171 Å². The van der Waals surface area contributed by atoms with Crippen LogP contribution in [0.25, 0.3) is 5.70 Å². The summed E-state index contributed by atoms with van der Waals surface area (Å²) < 4.78 is 15.9. The van der Waals surface area contributed by atoms with Crippen molar-refractivity contribution in [2.45, 2.75) is 13.3 Å². The molecule has 1 N–H and O–H groups in total. The molecule has 6 heteroatoms. The second-order valence-corrected chi connectivity index (χ2v) is 6.46. The molecule has 0 saturated carbocycles. The van der Waals surface area contributed by atoms with E-state index in [1.165, 1.54) is 0 Å². The molecule has 1 aliphatic heterocycles. The Morgan fingerprint density at radius 2 is 2.00 bits per heavy atom. The number of carbonyl (C=O) groups is 1. The molecule has 0 spiro atoms. The van der Waals surface area contributed by atoms with Gasteiger partial charge in [-0.15, -0.1) is 0 Å². The van der Waals surface area contributed by atoms with E-state index in [0.717, 1.165) is 46.9 Å². The lowest BCUT2D eigenvalue weighted by molar-refractivity contribution is -0.141. The molecule has 0 aliphatic carbocycles. The fourth-order valence-electron chi connectivity index (χ4n) is 3.31. The topological polar surface area (TPSA) is 69.2 Å². The van der Waals surface area contributed by atoms with Crippen molar-refractivity contribution in [3.05, 3.63) is 65.2 Å². The highest BCUT2D eigenvalue weighted by atomic mass is 16.5. The predicted octanol–water partition coefficient (Wildman–Crippen LogP) is 3.24. The molecular formula is C23H26N2O4. The van der Waals surface area contributed by atoms with Crippen LogP contribution in [0.4, 0.5) is 0 Å². The number of nitrogens with one attached hydrogen (secondary N) is 1. The summed E-state index contributed by atoms with van der Waals surface area (Å²) in [5, 5.41) is 3.45. The number of fused-ring (bicyclic) bond motifs is 1. The number of rotatable bonds is 7. The molecule has 0 unspecified atom stereocenters. The second-order valence-electron chi connectivity index (χ2n) is 6.46. The lowest BCUT2D eigenvalue weighted by atomic mass is 9.95. The Balaban J connectivity index is 2.03. The van der Waals surface area contributed by atoms with Gasteiger partial charge in [0, 0.05) is 28.9 Å². The maximum absolute atomic E-state index is 11.9. The maximum atomic E-state index is 11.9. The third kappa shape index (κ3) is 4.96. The van der Waals surface area contributed by atoms with Gasteiger partial charge in [-0.05, 0) is 37.6 Å². The molecule has 0 atom stereocenters. The zero-order chi connectivity index (χ0) is 20.6. The number of ether oxygens (including phenoxy) is 3. The number of benzene rings is 2. The molecule has 29 heavy (non-hydrogen) atoms. The van der Waals surface area contributed by atoms with Crippen LogP contribution < -0.4 is 14.8 Å². The first-order valence-corrected chi connectivity index (χ1v) is 9.62. The SMILES string of the molecule is CCOC(=O)CN=C(C=C1NCCc2c(OC)cccc21)c1cccc(OC)c1. The van der Waals surface area contributed by atoms with Crippen molar-refractivity contribution in [2.75, 3.05) is 33.9 Å². The number of nitrogens with zero attached hydrogens (tertiary/aromatic N) is 1. The molecule has 0 bridgehead atoms. The Morgan fingerprint density at radius 1 is 1.17 bits per heavy atom. The van der Waals surface area contributed by atoms with Gasteiger partial charge in [0.15, 0.2) is 0 Å². The smallest absolute Gasteiger partial charge is 0.327 e. The highest BCUT2D eigenvalue weighted by molar-refractivity contribution is 6.13. The van der Waals surface area contributed by atoms with E-state index in [1.807, 2.05) is 42.5 Å². The summed E-state index contributed by atoms with van der Waals surface area (Å²) in [6, 6.07) is 13.6. The van der Waals surface area contributed by atoms with E-state index in [9.17, 15) is 4.79 Å². The first kappa shape index (κ1) is 20.5. The summed E-state index contributed by atoms with van der Waals surface area (Å²) in [7, 11) is 3.31. The monoisotopic (exact) mass is 394 g/mol. The van der Waals surface area contributed by atoms with Gasteiger partial charge in [0.25, 0.3) is 0 Å². The van der Waals surface area contributed by atoms with E-state index in [0.29, 0.717) is 12.3 Å². The van der Waals surface area contributed by atoms with E-state index in [4.69, 9.17) is 14.2 Å². The van der Waals surface area contributed by atoms with Crippen LogP contribution in [0.1, 0.15) is 23.6 Å². The quantitative estimate of drug-likeness (QED) is 0.577. The van der Waals surface area contributed by atoms with Gasteiger partial charge in [-0.1, -0.05) is 24.3 Å². The maximum Gasteiger partial charge on any atom is 0.327 e. The van der Waals surface area contributed by atoms with Gasteiger partial charge < -0.3 is 19.5 Å². The standard InChI is InChI=1S/C23H26N2O4/c1-4-29-23(26)15-25-20(16-7-5-8-17(13-16)27-2)14-21-18-9-6-10-22(28-3)19(18)11-12-24-21/h5-10,13-14,24H,4,11-12,15H2,1-3H3. The lowest BCUT2D eigenvalue weighted by Gasteiger charge is -2.23. The van der Waals surface area contributed by atoms with Crippen molar-refractivity contribution < 1.29 is 19.0 Å². The van der Waals surface area contributed by atoms with Crippen LogP contribution in [-0.4, -0.2) is 45.6 Å². The van der Waals surface area contributed by atoms with Crippen molar-refractivity contribution in [3.63, 3.8) is 0 Å². The summed E-state index contributed by atoms with van der Waals surface area (Å²) in [5.74, 6) is 1.25. The average Bonchev–Trinajstić information content (AvgIpc) is 2.76. The summed E-state index contributed by atoms with van der Waals surface area (Å²) in [5.41, 5.74) is 4.71. The van der Waals surface area contributed by atoms with E-state index < -0.39 is 0 Å². The predicted molar refractivity (Wildman–Crippen MR) is 114 cm³/mol. The highest BCUT2D eigenvalue weighted by Gasteiger charge is 2.18. The van der Waals surface area contributed by atoms with Gasteiger partial charge in [-0.2, -0.15) is 0 Å². The number of allylic oxidation sites excluding steroid dienone is 1. The summed E-state index contributed by atoms with van der Waals surface area (Å²) in [6.45, 7) is 2.86. The molecule has 0 fully saturated rings. The fourth-order valence-corrected chi connectivity index (χ4v) is 3.31. The zero-order valence-corrected chi connectivity index (χ0v) is 17.0. The first-order valence-electron chi connectivity index (χ1n) is 9.62. The molecule has 3 rings (SSSR count). The summed E-state index contributed by atoms with van der Waals surface area (Å²) in [6.07, 6.45) is 2.84. The molecule has 0 radical (unpaired) electrons. The molecule has 6 nitrogen and oxygen atoms in total. The van der Waals surface area contributed by atoms with Crippen molar-refractivity contribution >= 4 is 17.4 Å². The van der Waals surface area contributed by atoms with Crippen molar-refractivity contribution in [3.8, 4) is 11.5 Å². The van der Waals surface area contributed by atoms with Gasteiger partial charge in [-0.3, -0.25) is 9.79 Å². The normalized spacial score (nSPS) is 14.7. The zero-order valence-electron chi connectivity index (χ0n) is 17.0. The van der Waals surface area contributed by atoms with Gasteiger partial charge in [0.1, 0.15) is 18.0 Å². The van der Waals surface area contributed by atoms with Gasteiger partial charge >= 0.3 is 5.97 Å². The van der Waals surface area contributed by atoms with E-state index in [2.05, 4.69) is 16.4 Å². The summed E-state index contributed by atoms with van der Waals surface area (Å²) >= 11 is 0. The van der Waals surface area contributed by atoms with Crippen LogP contribution >= 0.6 is 0 Å². The van der Waals surface area contributed by atoms with Crippen LogP contribution in [-0.2, 0) is 16.0 Å². The minimum absolute atomic E-state index is 0.0465. The van der Waals surface area contributed by atoms with Crippen molar-refractivity contribution in [1.29, 1.82) is 0 Å². The lowest BCUT2D eigenvalue weighted by Crippen LogP contribution is -2.24. The number of methoxy groups -OCH3 is 2. The number of aliphatic imine (C=N–C) groups is 1. The molecule has 0 aromatic heterocycles. The van der Waals surface area contributed by atoms with Crippen LogP contribution in [0, 0.1) is 0 Å². The summed E-state index contributed by atoms with van der Waals surface area (Å²) in [4.78, 5) is 16.4. The first-order chi connectivity index (χ1) is 14.2. The van der Waals surface area contributed by atoms with Crippen molar-refractivity contribution in [1.82, 2.24) is 5.32 Å². The van der Waals surface area contributed by atoms with Gasteiger partial charge in [0.05, 0.1) is 26.5 Å². The largest absolute Gasteiger partial charge is 0.497 e.